The highest BCUT2D eigenvalue weighted by molar-refractivity contribution is 6.66. The highest BCUT2D eigenvalue weighted by Crippen LogP contribution is 2.39. The average molecular weight is 253 g/mol. The molecule has 0 spiro atoms. The summed E-state index contributed by atoms with van der Waals surface area (Å²) < 4.78 is -1.47. The summed E-state index contributed by atoms with van der Waals surface area (Å²) in [4.78, 5) is 0. The van der Waals surface area contributed by atoms with Crippen LogP contribution >= 0.6 is 34.8 Å². The van der Waals surface area contributed by atoms with Gasteiger partial charge in [0.25, 0.3) is 0 Å². The fourth-order valence-electron chi connectivity index (χ4n) is 1.07. The van der Waals surface area contributed by atoms with Crippen LogP contribution in [0.15, 0.2) is 24.3 Å². The number of rotatable bonds is 1. The average Bonchev–Trinajstić information content (AvgIpc) is 2.01. The molecule has 0 heterocycles. The minimum atomic E-state index is -1.47. The first-order chi connectivity index (χ1) is 6.21. The molecule has 1 aromatic carbocycles. The molecule has 1 radical (unpaired) electrons. The van der Waals surface area contributed by atoms with Crippen molar-refractivity contribution in [3.8, 4) is 0 Å². The Hall–Kier alpha value is 0.0500. The summed E-state index contributed by atoms with van der Waals surface area (Å²) in [5, 5.41) is 11.7. The molecule has 0 saturated heterocycles. The van der Waals surface area contributed by atoms with E-state index < -0.39 is 9.39 Å². The Bertz CT molecular complexity index is 294. The number of benzene rings is 1. The van der Waals surface area contributed by atoms with Crippen molar-refractivity contribution >= 4 is 34.8 Å². The van der Waals surface area contributed by atoms with Gasteiger partial charge in [-0.15, -0.1) is 0 Å². The molecule has 0 aliphatic heterocycles. The van der Waals surface area contributed by atoms with E-state index >= 15 is 0 Å². The predicted octanol–water partition coefficient (Wildman–Crippen LogP) is 4.18. The zero-order valence-corrected chi connectivity index (χ0v) is 10.1. The van der Waals surface area contributed by atoms with E-state index in [0.717, 1.165) is 0 Å². The second-order valence-corrected chi connectivity index (χ2v) is 5.87. The van der Waals surface area contributed by atoms with Crippen LogP contribution in [-0.4, -0.2) is 0 Å². The van der Waals surface area contributed by atoms with Crippen LogP contribution in [0.3, 0.4) is 0 Å². The molecule has 0 amide bonds. The van der Waals surface area contributed by atoms with Crippen LogP contribution in [0, 0.1) is 0 Å². The molecule has 0 saturated carbocycles. The van der Waals surface area contributed by atoms with Gasteiger partial charge in [0.2, 0.25) is 3.79 Å². The van der Waals surface area contributed by atoms with Crippen LogP contribution in [0.4, 0.5) is 0 Å². The molecule has 0 bridgehead atoms. The zero-order chi connectivity index (χ0) is 11.0. The van der Waals surface area contributed by atoms with Crippen molar-refractivity contribution in [1.29, 1.82) is 0 Å². The Morgan fingerprint density at radius 1 is 1.07 bits per heavy atom. The van der Waals surface area contributed by atoms with Crippen molar-refractivity contribution in [2.24, 2.45) is 0 Å². The Morgan fingerprint density at radius 2 is 1.57 bits per heavy atom. The molecule has 0 atom stereocenters. The van der Waals surface area contributed by atoms with Gasteiger partial charge in [-0.05, 0) is 25.5 Å². The molecule has 1 rings (SSSR count). The summed E-state index contributed by atoms with van der Waals surface area (Å²) >= 11 is 17.1. The van der Waals surface area contributed by atoms with E-state index in [9.17, 15) is 5.11 Å². The molecule has 0 unspecified atom stereocenters. The quantitative estimate of drug-likeness (QED) is 0.668. The number of alkyl halides is 3. The first-order valence-electron chi connectivity index (χ1n) is 4.09. The maximum atomic E-state index is 11.7. The molecule has 1 nitrogen and oxygen atoms in total. The molecule has 77 valence electrons. The van der Waals surface area contributed by atoms with E-state index in [-0.39, 0.29) is 0 Å². The second-order valence-electron chi connectivity index (χ2n) is 3.59. The third-order valence-electron chi connectivity index (χ3n) is 1.89. The van der Waals surface area contributed by atoms with Gasteiger partial charge < -0.3 is 0 Å². The maximum absolute atomic E-state index is 11.7. The summed E-state index contributed by atoms with van der Waals surface area (Å²) in [5.74, 6) is 0. The van der Waals surface area contributed by atoms with Crippen LogP contribution < -0.4 is 0 Å². The monoisotopic (exact) mass is 251 g/mol. The summed E-state index contributed by atoms with van der Waals surface area (Å²) in [5.41, 5.74) is -0.0448. The van der Waals surface area contributed by atoms with Gasteiger partial charge in [0.1, 0.15) is 5.60 Å². The Morgan fingerprint density at radius 3 is 2.00 bits per heavy atom. The molecule has 0 aliphatic carbocycles. The van der Waals surface area contributed by atoms with Crippen molar-refractivity contribution in [2.75, 3.05) is 0 Å². The summed E-state index contributed by atoms with van der Waals surface area (Å²) in [6.45, 7) is 3.15. The van der Waals surface area contributed by atoms with Gasteiger partial charge in [-0.3, -0.25) is 0 Å². The molecule has 1 aromatic rings. The largest absolute Gasteiger partial charge is 0.225 e. The maximum Gasteiger partial charge on any atom is 0.216 e. The highest BCUT2D eigenvalue weighted by atomic mass is 35.6. The Balaban J connectivity index is 3.15. The van der Waals surface area contributed by atoms with Crippen molar-refractivity contribution < 1.29 is 5.11 Å². The van der Waals surface area contributed by atoms with Crippen molar-refractivity contribution in [3.05, 3.63) is 35.4 Å². The SMILES string of the molecule is CC(C)([O])c1cccc(C(Cl)(Cl)Cl)c1. The lowest BCUT2D eigenvalue weighted by Crippen LogP contribution is -2.14. The normalized spacial score (nSPS) is 13.0. The lowest BCUT2D eigenvalue weighted by atomic mass is 9.97. The van der Waals surface area contributed by atoms with Crippen LogP contribution in [0.1, 0.15) is 25.0 Å². The van der Waals surface area contributed by atoms with E-state index in [0.29, 0.717) is 11.1 Å². The van der Waals surface area contributed by atoms with E-state index in [2.05, 4.69) is 0 Å². The van der Waals surface area contributed by atoms with Crippen molar-refractivity contribution in [3.63, 3.8) is 0 Å². The van der Waals surface area contributed by atoms with Gasteiger partial charge in [0, 0.05) is 5.56 Å². The van der Waals surface area contributed by atoms with E-state index in [4.69, 9.17) is 34.8 Å². The molecular weight excluding hydrogens is 242 g/mol. The van der Waals surface area contributed by atoms with Gasteiger partial charge >= 0.3 is 0 Å². The fraction of sp³-hybridized carbons (Fsp3) is 0.400. The van der Waals surface area contributed by atoms with Gasteiger partial charge in [0.05, 0.1) is 0 Å². The van der Waals surface area contributed by atoms with E-state index in [1.54, 1.807) is 38.1 Å². The standard InChI is InChI=1S/C10H10Cl3O/c1-9(2,14)7-4-3-5-8(6-7)10(11,12)13/h3-6H,1-2H3. The van der Waals surface area contributed by atoms with E-state index in [1.165, 1.54) is 0 Å². The van der Waals surface area contributed by atoms with Gasteiger partial charge in [-0.25, -0.2) is 5.11 Å². The molecular formula is C10H10Cl3O. The Labute approximate surface area is 98.6 Å². The van der Waals surface area contributed by atoms with Crippen LogP contribution in [0.2, 0.25) is 0 Å². The lowest BCUT2D eigenvalue weighted by Gasteiger charge is -2.18. The topological polar surface area (TPSA) is 19.9 Å². The number of hydrogen-bond donors (Lipinski definition) is 0. The second kappa shape index (κ2) is 3.90. The number of hydrogen-bond acceptors (Lipinski definition) is 0. The first kappa shape index (κ1) is 12.1. The number of halogens is 3. The van der Waals surface area contributed by atoms with Crippen LogP contribution in [0.5, 0.6) is 0 Å². The van der Waals surface area contributed by atoms with Gasteiger partial charge in [0.15, 0.2) is 0 Å². The van der Waals surface area contributed by atoms with Crippen molar-refractivity contribution in [1.82, 2.24) is 0 Å². The zero-order valence-electron chi connectivity index (χ0n) is 7.85. The predicted molar refractivity (Wildman–Crippen MR) is 59.4 cm³/mol. The molecule has 0 fully saturated rings. The lowest BCUT2D eigenvalue weighted by molar-refractivity contribution is -0.000157. The third-order valence-corrected chi connectivity index (χ3v) is 2.54. The molecule has 0 aromatic heterocycles. The minimum absolute atomic E-state index is 0.518. The summed E-state index contributed by atoms with van der Waals surface area (Å²) in [6, 6.07) is 6.75. The molecule has 4 heteroatoms. The third kappa shape index (κ3) is 3.03. The smallest absolute Gasteiger partial charge is 0.216 e. The minimum Gasteiger partial charge on any atom is -0.225 e. The summed E-state index contributed by atoms with van der Waals surface area (Å²) in [6.07, 6.45) is 0. The first-order valence-corrected chi connectivity index (χ1v) is 5.23. The van der Waals surface area contributed by atoms with Gasteiger partial charge in [-0.1, -0.05) is 53.0 Å². The van der Waals surface area contributed by atoms with Crippen LogP contribution in [0.25, 0.3) is 0 Å². The van der Waals surface area contributed by atoms with E-state index in [1.807, 2.05) is 0 Å². The Kier molecular flexibility index (Phi) is 3.37. The molecule has 14 heavy (non-hydrogen) atoms. The molecule has 0 N–H and O–H groups in total. The molecule has 0 aliphatic rings. The fourth-order valence-corrected chi connectivity index (χ4v) is 1.42. The van der Waals surface area contributed by atoms with Crippen molar-refractivity contribution in [2.45, 2.75) is 23.2 Å². The summed E-state index contributed by atoms with van der Waals surface area (Å²) in [7, 11) is 0. The highest BCUT2D eigenvalue weighted by Gasteiger charge is 2.25. The van der Waals surface area contributed by atoms with Gasteiger partial charge in [-0.2, -0.15) is 0 Å². The van der Waals surface area contributed by atoms with Crippen LogP contribution in [-0.2, 0) is 14.5 Å².